The average molecular weight is 304 g/mol. The van der Waals surface area contributed by atoms with E-state index in [9.17, 15) is 9.59 Å². The van der Waals surface area contributed by atoms with Gasteiger partial charge in [0.1, 0.15) is 0 Å². The lowest BCUT2D eigenvalue weighted by Gasteiger charge is -2.05. The summed E-state index contributed by atoms with van der Waals surface area (Å²) in [6.45, 7) is 1.72. The molecule has 0 heterocycles. The predicted molar refractivity (Wildman–Crippen MR) is 60.7 cm³/mol. The molecule has 1 rings (SSSR count). The summed E-state index contributed by atoms with van der Waals surface area (Å²) in [7, 11) is 0. The summed E-state index contributed by atoms with van der Waals surface area (Å²) in [5, 5.41) is 8.93. The van der Waals surface area contributed by atoms with E-state index in [4.69, 9.17) is 5.11 Å². The number of carbonyl (C=O) groups is 2. The van der Waals surface area contributed by atoms with Crippen LogP contribution in [0.25, 0.3) is 0 Å². The molecule has 0 saturated heterocycles. The molecule has 3 nitrogen and oxygen atoms in total. The van der Waals surface area contributed by atoms with Crippen molar-refractivity contribution < 1.29 is 14.7 Å². The first-order valence-corrected chi connectivity index (χ1v) is 5.20. The minimum atomic E-state index is -1.05. The fraction of sp³-hybridized carbons (Fsp3) is 0.200. The van der Waals surface area contributed by atoms with Gasteiger partial charge in [0.2, 0.25) is 0 Å². The number of halogens is 1. The molecule has 0 spiro atoms. The maximum atomic E-state index is 11.4. The van der Waals surface area contributed by atoms with Crippen LogP contribution in [0.15, 0.2) is 18.2 Å². The van der Waals surface area contributed by atoms with Gasteiger partial charge in [-0.05, 0) is 28.7 Å². The van der Waals surface area contributed by atoms with Gasteiger partial charge in [-0.1, -0.05) is 19.1 Å². The number of aromatic carboxylic acids is 1. The van der Waals surface area contributed by atoms with Gasteiger partial charge in [-0.15, -0.1) is 0 Å². The lowest BCUT2D eigenvalue weighted by molar-refractivity contribution is 0.0690. The van der Waals surface area contributed by atoms with E-state index in [1.807, 2.05) is 22.6 Å². The standard InChI is InChI=1S/C10H9IO3/c1-2-8(12)6-4-3-5-7(11)9(6)10(13)14/h3-5H,2H2,1H3,(H,13,14). The van der Waals surface area contributed by atoms with Gasteiger partial charge in [0.05, 0.1) is 5.56 Å². The highest BCUT2D eigenvalue weighted by Crippen LogP contribution is 2.18. The summed E-state index contributed by atoms with van der Waals surface area (Å²) in [6, 6.07) is 4.92. The number of hydrogen-bond acceptors (Lipinski definition) is 2. The highest BCUT2D eigenvalue weighted by atomic mass is 127. The Morgan fingerprint density at radius 1 is 1.43 bits per heavy atom. The lowest BCUT2D eigenvalue weighted by atomic mass is 10.0. The van der Waals surface area contributed by atoms with Crippen LogP contribution in [0.2, 0.25) is 0 Å². The van der Waals surface area contributed by atoms with Crippen molar-refractivity contribution in [2.45, 2.75) is 13.3 Å². The molecule has 0 unspecified atom stereocenters. The maximum absolute atomic E-state index is 11.4. The Morgan fingerprint density at radius 2 is 2.07 bits per heavy atom. The molecular formula is C10H9IO3. The van der Waals surface area contributed by atoms with E-state index in [1.165, 1.54) is 0 Å². The van der Waals surface area contributed by atoms with Gasteiger partial charge < -0.3 is 5.11 Å². The molecule has 1 aromatic rings. The summed E-state index contributed by atoms with van der Waals surface area (Å²) >= 11 is 1.92. The summed E-state index contributed by atoms with van der Waals surface area (Å²) in [5.41, 5.74) is 0.409. The minimum Gasteiger partial charge on any atom is -0.478 e. The number of carboxylic acid groups (broad SMARTS) is 1. The molecule has 0 radical (unpaired) electrons. The molecule has 0 saturated carbocycles. The second kappa shape index (κ2) is 4.54. The molecule has 0 fully saturated rings. The van der Waals surface area contributed by atoms with E-state index in [1.54, 1.807) is 25.1 Å². The van der Waals surface area contributed by atoms with Gasteiger partial charge in [0.15, 0.2) is 5.78 Å². The number of carbonyl (C=O) groups excluding carboxylic acids is 1. The number of benzene rings is 1. The van der Waals surface area contributed by atoms with Crippen LogP contribution in [-0.4, -0.2) is 16.9 Å². The van der Waals surface area contributed by atoms with Crippen LogP contribution >= 0.6 is 22.6 Å². The second-order valence-corrected chi connectivity index (χ2v) is 3.91. The summed E-state index contributed by atoms with van der Waals surface area (Å²) in [4.78, 5) is 22.3. The lowest BCUT2D eigenvalue weighted by Crippen LogP contribution is -2.09. The van der Waals surface area contributed by atoms with Crippen molar-refractivity contribution in [3.63, 3.8) is 0 Å². The molecular weight excluding hydrogens is 295 g/mol. The zero-order valence-electron chi connectivity index (χ0n) is 7.58. The fourth-order valence-corrected chi connectivity index (χ4v) is 1.89. The monoisotopic (exact) mass is 304 g/mol. The van der Waals surface area contributed by atoms with E-state index in [2.05, 4.69) is 0 Å². The number of hydrogen-bond donors (Lipinski definition) is 1. The van der Waals surface area contributed by atoms with Crippen molar-refractivity contribution in [1.29, 1.82) is 0 Å². The third kappa shape index (κ3) is 2.12. The molecule has 0 bridgehead atoms. The van der Waals surface area contributed by atoms with E-state index in [-0.39, 0.29) is 11.3 Å². The highest BCUT2D eigenvalue weighted by Gasteiger charge is 2.17. The number of carboxylic acids is 1. The van der Waals surface area contributed by atoms with Crippen molar-refractivity contribution in [2.24, 2.45) is 0 Å². The van der Waals surface area contributed by atoms with E-state index >= 15 is 0 Å². The Morgan fingerprint density at radius 3 is 2.57 bits per heavy atom. The third-order valence-electron chi connectivity index (χ3n) is 1.85. The Balaban J connectivity index is 3.35. The second-order valence-electron chi connectivity index (χ2n) is 2.74. The van der Waals surface area contributed by atoms with Gasteiger partial charge >= 0.3 is 5.97 Å². The normalized spacial score (nSPS) is 9.86. The van der Waals surface area contributed by atoms with Crippen LogP contribution in [0.5, 0.6) is 0 Å². The minimum absolute atomic E-state index is 0.111. The van der Waals surface area contributed by atoms with E-state index in [0.29, 0.717) is 15.6 Å². The first kappa shape index (κ1) is 11.2. The Labute approximate surface area is 95.3 Å². The Hall–Kier alpha value is -0.910. The molecule has 0 atom stereocenters. The molecule has 1 N–H and O–H groups in total. The summed E-state index contributed by atoms with van der Waals surface area (Å²) in [5.74, 6) is -1.19. The van der Waals surface area contributed by atoms with E-state index < -0.39 is 5.97 Å². The summed E-state index contributed by atoms with van der Waals surface area (Å²) in [6.07, 6.45) is 0.320. The van der Waals surface area contributed by atoms with E-state index in [0.717, 1.165) is 0 Å². The molecule has 0 aliphatic carbocycles. The summed E-state index contributed by atoms with van der Waals surface area (Å²) < 4.78 is 0.592. The largest absolute Gasteiger partial charge is 0.478 e. The van der Waals surface area contributed by atoms with Crippen LogP contribution in [0, 0.1) is 3.57 Å². The van der Waals surface area contributed by atoms with Crippen LogP contribution in [-0.2, 0) is 0 Å². The van der Waals surface area contributed by atoms with Crippen molar-refractivity contribution in [3.05, 3.63) is 32.9 Å². The zero-order valence-corrected chi connectivity index (χ0v) is 9.74. The van der Waals surface area contributed by atoms with Crippen molar-refractivity contribution >= 4 is 34.3 Å². The SMILES string of the molecule is CCC(=O)c1cccc(I)c1C(=O)O. The number of rotatable bonds is 3. The molecule has 0 aliphatic heterocycles. The molecule has 0 amide bonds. The molecule has 4 heteroatoms. The smallest absolute Gasteiger partial charge is 0.337 e. The quantitative estimate of drug-likeness (QED) is 0.690. The average Bonchev–Trinajstić information content (AvgIpc) is 2.15. The number of ketones is 1. The Kier molecular flexibility index (Phi) is 3.62. The van der Waals surface area contributed by atoms with Gasteiger partial charge in [-0.3, -0.25) is 4.79 Å². The maximum Gasteiger partial charge on any atom is 0.337 e. The molecule has 74 valence electrons. The van der Waals surface area contributed by atoms with Crippen molar-refractivity contribution in [2.75, 3.05) is 0 Å². The first-order valence-electron chi connectivity index (χ1n) is 4.13. The van der Waals surface area contributed by atoms with Gasteiger partial charge in [0.25, 0.3) is 0 Å². The van der Waals surface area contributed by atoms with Gasteiger partial charge in [-0.25, -0.2) is 4.79 Å². The third-order valence-corrected chi connectivity index (χ3v) is 2.75. The molecule has 14 heavy (non-hydrogen) atoms. The molecule has 0 aromatic heterocycles. The van der Waals surface area contributed by atoms with Gasteiger partial charge in [-0.2, -0.15) is 0 Å². The highest BCUT2D eigenvalue weighted by molar-refractivity contribution is 14.1. The van der Waals surface area contributed by atoms with Crippen LogP contribution in [0.3, 0.4) is 0 Å². The zero-order chi connectivity index (χ0) is 10.7. The first-order chi connectivity index (χ1) is 6.57. The van der Waals surface area contributed by atoms with Crippen molar-refractivity contribution in [1.82, 2.24) is 0 Å². The van der Waals surface area contributed by atoms with Crippen molar-refractivity contribution in [3.8, 4) is 0 Å². The van der Waals surface area contributed by atoms with Crippen LogP contribution in [0.4, 0.5) is 0 Å². The topological polar surface area (TPSA) is 54.4 Å². The molecule has 1 aromatic carbocycles. The van der Waals surface area contributed by atoms with Crippen LogP contribution < -0.4 is 0 Å². The van der Waals surface area contributed by atoms with Crippen LogP contribution in [0.1, 0.15) is 34.1 Å². The molecule has 0 aliphatic rings. The fourth-order valence-electron chi connectivity index (χ4n) is 1.16. The Bertz CT molecular complexity index is 385. The number of Topliss-reactive ketones (excluding diaryl/α,β-unsaturated/α-hetero) is 1. The van der Waals surface area contributed by atoms with Gasteiger partial charge in [0, 0.05) is 15.6 Å². The predicted octanol–water partition coefficient (Wildman–Crippen LogP) is 2.58.